The third kappa shape index (κ3) is 1.48. The molecular formula is C19H28O3. The maximum Gasteiger partial charge on any atom is 0.139 e. The van der Waals surface area contributed by atoms with Crippen LogP contribution in [-0.2, 0) is 9.53 Å². The molecule has 0 spiro atoms. The van der Waals surface area contributed by atoms with Gasteiger partial charge in [0.25, 0.3) is 0 Å². The van der Waals surface area contributed by atoms with Gasteiger partial charge in [-0.15, -0.1) is 0 Å². The summed E-state index contributed by atoms with van der Waals surface area (Å²) in [5.41, 5.74) is 0.296. The molecule has 6 rings (SSSR count). The predicted octanol–water partition coefficient (Wildman–Crippen LogP) is 2.95. The Morgan fingerprint density at radius 3 is 2.68 bits per heavy atom. The molecule has 9 atom stereocenters. The van der Waals surface area contributed by atoms with Gasteiger partial charge in [0.05, 0.1) is 18.3 Å². The number of aliphatic hydroxyl groups excluding tert-OH is 1. The van der Waals surface area contributed by atoms with E-state index in [2.05, 4.69) is 13.8 Å². The van der Waals surface area contributed by atoms with E-state index < -0.39 is 0 Å². The number of hydrogen-bond donors (Lipinski definition) is 1. The lowest BCUT2D eigenvalue weighted by atomic mass is 9.43. The van der Waals surface area contributed by atoms with E-state index in [0.717, 1.165) is 44.4 Å². The average molecular weight is 304 g/mol. The van der Waals surface area contributed by atoms with Gasteiger partial charge in [-0.05, 0) is 67.6 Å². The molecule has 0 aromatic rings. The summed E-state index contributed by atoms with van der Waals surface area (Å²) in [6.45, 7) is 4.72. The zero-order valence-electron chi connectivity index (χ0n) is 13.8. The number of ether oxygens (including phenoxy) is 1. The molecule has 3 heteroatoms. The molecule has 2 heterocycles. The highest BCUT2D eigenvalue weighted by Crippen LogP contribution is 2.67. The van der Waals surface area contributed by atoms with E-state index in [1.165, 1.54) is 6.42 Å². The van der Waals surface area contributed by atoms with Crippen LogP contribution in [0.3, 0.4) is 0 Å². The quantitative estimate of drug-likeness (QED) is 0.748. The second kappa shape index (κ2) is 4.16. The molecule has 6 fully saturated rings. The minimum atomic E-state index is -0.243. The van der Waals surface area contributed by atoms with Crippen molar-refractivity contribution in [1.82, 2.24) is 0 Å². The van der Waals surface area contributed by atoms with Crippen LogP contribution in [0.15, 0.2) is 0 Å². The van der Waals surface area contributed by atoms with E-state index in [1.807, 2.05) is 0 Å². The molecule has 4 saturated carbocycles. The van der Waals surface area contributed by atoms with Gasteiger partial charge in [0.2, 0.25) is 0 Å². The van der Waals surface area contributed by atoms with Crippen molar-refractivity contribution in [3.05, 3.63) is 0 Å². The number of carbonyl (C=O) groups excluding carboxylic acids is 1. The fourth-order valence-electron chi connectivity index (χ4n) is 7.56. The molecular weight excluding hydrogens is 276 g/mol. The van der Waals surface area contributed by atoms with E-state index >= 15 is 0 Å². The maximum atomic E-state index is 12.4. The summed E-state index contributed by atoms with van der Waals surface area (Å²) in [6, 6.07) is 0. The van der Waals surface area contributed by atoms with Gasteiger partial charge in [-0.3, -0.25) is 4.79 Å². The third-order valence-electron chi connectivity index (χ3n) is 8.71. The zero-order chi connectivity index (χ0) is 15.3. The van der Waals surface area contributed by atoms with Crippen LogP contribution in [0.4, 0.5) is 0 Å². The summed E-state index contributed by atoms with van der Waals surface area (Å²) >= 11 is 0. The number of hydrogen-bond acceptors (Lipinski definition) is 3. The fraction of sp³-hybridized carbons (Fsp3) is 0.947. The van der Waals surface area contributed by atoms with Crippen LogP contribution in [0.2, 0.25) is 0 Å². The number of ketones is 1. The normalized spacial score (nSPS) is 62.7. The van der Waals surface area contributed by atoms with Crippen molar-refractivity contribution in [2.75, 3.05) is 0 Å². The summed E-state index contributed by atoms with van der Waals surface area (Å²) < 4.78 is 6.26. The van der Waals surface area contributed by atoms with Crippen molar-refractivity contribution >= 4 is 5.78 Å². The standard InChI is InChI=1S/C19H28O3/c1-18-6-5-12-10(11(18)3-4-17(18)21)7-15-13-8-14(20)16(22-15)9-19(12,13)2/h10-16,20H,3-9H2,1-2H3/t10-,11-,12+,13?,14?,15?,16?,18-,19+/m0/s1. The highest BCUT2D eigenvalue weighted by atomic mass is 16.5. The number of carbonyl (C=O) groups is 1. The summed E-state index contributed by atoms with van der Waals surface area (Å²) in [5.74, 6) is 3.07. The van der Waals surface area contributed by atoms with E-state index in [0.29, 0.717) is 35.1 Å². The van der Waals surface area contributed by atoms with Crippen LogP contribution in [0, 0.1) is 34.5 Å². The van der Waals surface area contributed by atoms with Gasteiger partial charge in [0.15, 0.2) is 0 Å². The van der Waals surface area contributed by atoms with Gasteiger partial charge in [-0.2, -0.15) is 0 Å². The molecule has 4 aliphatic carbocycles. The Bertz CT molecular complexity index is 531. The Morgan fingerprint density at radius 2 is 1.91 bits per heavy atom. The molecule has 6 aliphatic rings. The lowest BCUT2D eigenvalue weighted by molar-refractivity contribution is -0.281. The highest BCUT2D eigenvalue weighted by Gasteiger charge is 2.65. The van der Waals surface area contributed by atoms with Gasteiger partial charge in [0.1, 0.15) is 5.78 Å². The Labute approximate surface area is 132 Å². The summed E-state index contributed by atoms with van der Waals surface area (Å²) in [5, 5.41) is 10.2. The predicted molar refractivity (Wildman–Crippen MR) is 82.2 cm³/mol. The molecule has 122 valence electrons. The molecule has 22 heavy (non-hydrogen) atoms. The number of Topliss-reactive ketones (excluding diaryl/α,β-unsaturated/α-hetero) is 1. The first-order valence-corrected chi connectivity index (χ1v) is 9.30. The third-order valence-corrected chi connectivity index (χ3v) is 8.71. The van der Waals surface area contributed by atoms with Crippen LogP contribution in [0.5, 0.6) is 0 Å². The smallest absolute Gasteiger partial charge is 0.139 e. The lowest BCUT2D eigenvalue weighted by Gasteiger charge is -2.66. The first-order valence-electron chi connectivity index (χ1n) is 9.30. The van der Waals surface area contributed by atoms with Crippen LogP contribution < -0.4 is 0 Å². The molecule has 0 radical (unpaired) electrons. The van der Waals surface area contributed by atoms with Crippen molar-refractivity contribution in [3.8, 4) is 0 Å². The molecule has 1 N–H and O–H groups in total. The second-order valence-corrected chi connectivity index (χ2v) is 9.36. The monoisotopic (exact) mass is 304 g/mol. The van der Waals surface area contributed by atoms with Crippen molar-refractivity contribution in [2.45, 2.75) is 77.1 Å². The molecule has 2 saturated heterocycles. The van der Waals surface area contributed by atoms with Crippen LogP contribution >= 0.6 is 0 Å². The maximum absolute atomic E-state index is 12.4. The van der Waals surface area contributed by atoms with Gasteiger partial charge in [-0.1, -0.05) is 13.8 Å². The van der Waals surface area contributed by atoms with Gasteiger partial charge >= 0.3 is 0 Å². The van der Waals surface area contributed by atoms with Crippen LogP contribution in [-0.4, -0.2) is 29.2 Å². The minimum absolute atomic E-state index is 0.0400. The first kappa shape index (κ1) is 14.0. The molecule has 0 aromatic carbocycles. The van der Waals surface area contributed by atoms with Crippen molar-refractivity contribution in [3.63, 3.8) is 0 Å². The lowest BCUT2D eigenvalue weighted by Crippen LogP contribution is -2.66. The minimum Gasteiger partial charge on any atom is -0.390 e. The van der Waals surface area contributed by atoms with Gasteiger partial charge < -0.3 is 9.84 Å². The van der Waals surface area contributed by atoms with E-state index in [1.54, 1.807) is 0 Å². The SMILES string of the molecule is C[C@@]12CC3OC(C[C@@H]4[C@H]1CC[C@]1(C)C(=O)CC[C@@H]41)C2CC3O. The van der Waals surface area contributed by atoms with Gasteiger partial charge in [-0.25, -0.2) is 0 Å². The van der Waals surface area contributed by atoms with Crippen LogP contribution in [0.25, 0.3) is 0 Å². The van der Waals surface area contributed by atoms with Gasteiger partial charge in [0, 0.05) is 11.8 Å². The second-order valence-electron chi connectivity index (χ2n) is 9.36. The molecule has 0 amide bonds. The topological polar surface area (TPSA) is 46.5 Å². The Kier molecular flexibility index (Phi) is 2.64. The van der Waals surface area contributed by atoms with Crippen molar-refractivity contribution in [1.29, 1.82) is 0 Å². The van der Waals surface area contributed by atoms with E-state index in [9.17, 15) is 9.90 Å². The molecule has 4 unspecified atom stereocenters. The number of aliphatic hydroxyl groups is 1. The van der Waals surface area contributed by atoms with Crippen LogP contribution in [0.1, 0.15) is 58.8 Å². The molecule has 2 aliphatic heterocycles. The van der Waals surface area contributed by atoms with E-state index in [4.69, 9.17) is 4.74 Å². The fourth-order valence-corrected chi connectivity index (χ4v) is 7.56. The van der Waals surface area contributed by atoms with Crippen molar-refractivity contribution in [2.24, 2.45) is 34.5 Å². The number of fused-ring (bicyclic) bond motifs is 4. The molecule has 4 bridgehead atoms. The highest BCUT2D eigenvalue weighted by molar-refractivity contribution is 5.87. The zero-order valence-corrected chi connectivity index (χ0v) is 13.8. The Morgan fingerprint density at radius 1 is 1.09 bits per heavy atom. The number of rotatable bonds is 0. The summed E-state index contributed by atoms with van der Waals surface area (Å²) in [6.07, 6.45) is 7.50. The first-order chi connectivity index (χ1) is 10.4. The summed E-state index contributed by atoms with van der Waals surface area (Å²) in [7, 11) is 0. The Hall–Kier alpha value is -0.410. The largest absolute Gasteiger partial charge is 0.390 e. The van der Waals surface area contributed by atoms with Crippen molar-refractivity contribution < 1.29 is 14.6 Å². The molecule has 0 aromatic heterocycles. The summed E-state index contributed by atoms with van der Waals surface area (Å²) in [4.78, 5) is 12.4. The van der Waals surface area contributed by atoms with E-state index in [-0.39, 0.29) is 17.6 Å². The average Bonchev–Trinajstić information content (AvgIpc) is 2.76. The molecule has 3 nitrogen and oxygen atoms in total. The Balaban J connectivity index is 1.52.